The predicted molar refractivity (Wildman–Crippen MR) is 137 cm³/mol. The maximum Gasteiger partial charge on any atom is 0.256 e. The van der Waals surface area contributed by atoms with Crippen LogP contribution in [-0.4, -0.2) is 79.3 Å². The molecule has 0 radical (unpaired) electrons. The van der Waals surface area contributed by atoms with Crippen LogP contribution in [0.5, 0.6) is 0 Å². The molecule has 4 aromatic rings. The second-order valence-electron chi connectivity index (χ2n) is 10.1. The van der Waals surface area contributed by atoms with E-state index in [9.17, 15) is 8.78 Å². The fourth-order valence-electron chi connectivity index (χ4n) is 5.63. The molecule has 0 bridgehead atoms. The standard InChI is InChI=1S/C26H32F2N8O/c1-17-30-22-7-6-21(32-25(22)35(17)16-24(27)28)20-8-9-36-23(20)14-29-26(33-36)31-19-4-2-18(3-5-19)15-34-10-12-37-13-11-34/h6-9,14,18-19,24H,2-5,10-13,15-16H2,1H3,(H,31,33)/t18-,19+. The summed E-state index contributed by atoms with van der Waals surface area (Å²) in [4.78, 5) is 16.2. The van der Waals surface area contributed by atoms with Crippen LogP contribution in [-0.2, 0) is 11.3 Å². The fourth-order valence-corrected chi connectivity index (χ4v) is 5.63. The number of aryl methyl sites for hydroxylation is 1. The normalized spacial score (nSPS) is 21.3. The summed E-state index contributed by atoms with van der Waals surface area (Å²) < 4.78 is 34.9. The summed E-state index contributed by atoms with van der Waals surface area (Å²) in [7, 11) is 0. The van der Waals surface area contributed by atoms with Gasteiger partial charge < -0.3 is 14.6 Å². The van der Waals surface area contributed by atoms with Crippen LogP contribution in [0.15, 0.2) is 30.6 Å². The molecular formula is C26H32F2N8O. The maximum absolute atomic E-state index is 13.1. The number of hydrogen-bond donors (Lipinski definition) is 1. The summed E-state index contributed by atoms with van der Waals surface area (Å²) in [6, 6.07) is 5.98. The Morgan fingerprint density at radius 3 is 2.68 bits per heavy atom. The minimum atomic E-state index is -2.48. The summed E-state index contributed by atoms with van der Waals surface area (Å²) in [6.07, 6.45) is 5.84. The topological polar surface area (TPSA) is 85.4 Å². The van der Waals surface area contributed by atoms with Gasteiger partial charge in [0.15, 0.2) is 5.65 Å². The van der Waals surface area contributed by atoms with Crippen molar-refractivity contribution >= 4 is 22.6 Å². The summed E-state index contributed by atoms with van der Waals surface area (Å²) in [5.74, 6) is 1.88. The minimum absolute atomic E-state index is 0.371. The first-order valence-corrected chi connectivity index (χ1v) is 13.1. The minimum Gasteiger partial charge on any atom is -0.379 e. The van der Waals surface area contributed by atoms with Crippen molar-refractivity contribution in [2.24, 2.45) is 5.92 Å². The lowest BCUT2D eigenvalue weighted by Gasteiger charge is -2.34. The Labute approximate surface area is 213 Å². The Hall–Kier alpha value is -3.18. The highest BCUT2D eigenvalue weighted by Crippen LogP contribution is 2.29. The summed E-state index contributed by atoms with van der Waals surface area (Å²) in [5.41, 5.74) is 3.39. The number of rotatable bonds is 7. The predicted octanol–water partition coefficient (Wildman–Crippen LogP) is 4.02. The van der Waals surface area contributed by atoms with Crippen molar-refractivity contribution in [1.82, 2.24) is 34.0 Å². The van der Waals surface area contributed by atoms with Gasteiger partial charge in [0.05, 0.1) is 37.2 Å². The van der Waals surface area contributed by atoms with E-state index in [0.29, 0.717) is 34.7 Å². The van der Waals surface area contributed by atoms with Gasteiger partial charge in [-0.1, -0.05) is 0 Å². The van der Waals surface area contributed by atoms with Crippen LogP contribution >= 0.6 is 0 Å². The molecule has 1 aliphatic heterocycles. The summed E-state index contributed by atoms with van der Waals surface area (Å²) >= 11 is 0. The molecule has 6 rings (SSSR count). The molecule has 1 aliphatic carbocycles. The molecule has 2 fully saturated rings. The zero-order valence-corrected chi connectivity index (χ0v) is 21.0. The van der Waals surface area contributed by atoms with E-state index in [1.807, 2.05) is 24.4 Å². The fraction of sp³-hybridized carbons (Fsp3) is 0.538. The number of alkyl halides is 2. The van der Waals surface area contributed by atoms with Crippen molar-refractivity contribution in [3.8, 4) is 11.3 Å². The zero-order chi connectivity index (χ0) is 25.4. The molecule has 4 aromatic heterocycles. The van der Waals surface area contributed by atoms with Gasteiger partial charge in [-0.15, -0.1) is 5.10 Å². The van der Waals surface area contributed by atoms with Crippen LogP contribution in [0, 0.1) is 12.8 Å². The number of ether oxygens (including phenoxy) is 1. The molecule has 11 heteroatoms. The maximum atomic E-state index is 13.1. The molecule has 196 valence electrons. The van der Waals surface area contributed by atoms with Crippen molar-refractivity contribution in [2.45, 2.75) is 51.6 Å². The van der Waals surface area contributed by atoms with Crippen LogP contribution in [0.2, 0.25) is 0 Å². The number of imidazole rings is 1. The van der Waals surface area contributed by atoms with E-state index < -0.39 is 13.0 Å². The second kappa shape index (κ2) is 10.3. The molecule has 5 heterocycles. The van der Waals surface area contributed by atoms with Gasteiger partial charge in [-0.05, 0) is 56.7 Å². The van der Waals surface area contributed by atoms with E-state index in [4.69, 9.17) is 4.74 Å². The third-order valence-electron chi connectivity index (χ3n) is 7.60. The molecule has 0 atom stereocenters. The van der Waals surface area contributed by atoms with Crippen molar-refractivity contribution in [1.29, 1.82) is 0 Å². The van der Waals surface area contributed by atoms with E-state index in [1.165, 1.54) is 24.0 Å². The quantitative estimate of drug-likeness (QED) is 0.402. The number of nitrogens with zero attached hydrogens (tertiary/aromatic N) is 7. The third-order valence-corrected chi connectivity index (χ3v) is 7.60. The van der Waals surface area contributed by atoms with E-state index in [-0.39, 0.29) is 0 Å². The molecule has 0 amide bonds. The number of fused-ring (bicyclic) bond motifs is 2. The van der Waals surface area contributed by atoms with Crippen molar-refractivity contribution in [3.63, 3.8) is 0 Å². The van der Waals surface area contributed by atoms with E-state index in [1.54, 1.807) is 17.6 Å². The Balaban J connectivity index is 1.14. The first kappa shape index (κ1) is 24.2. The molecule has 9 nitrogen and oxygen atoms in total. The second-order valence-corrected chi connectivity index (χ2v) is 10.1. The molecule has 1 saturated heterocycles. The number of pyridine rings is 1. The van der Waals surface area contributed by atoms with Gasteiger partial charge in [0.1, 0.15) is 11.3 Å². The number of aromatic nitrogens is 6. The molecular weight excluding hydrogens is 478 g/mol. The Bertz CT molecular complexity index is 1370. The highest BCUT2D eigenvalue weighted by molar-refractivity contribution is 5.82. The van der Waals surface area contributed by atoms with E-state index in [2.05, 4.69) is 30.3 Å². The van der Waals surface area contributed by atoms with Crippen LogP contribution in [0.1, 0.15) is 31.5 Å². The first-order chi connectivity index (χ1) is 18.0. The van der Waals surface area contributed by atoms with E-state index in [0.717, 1.165) is 56.1 Å². The lowest BCUT2D eigenvalue weighted by Crippen LogP contribution is -2.40. The molecule has 1 saturated carbocycles. The summed E-state index contributed by atoms with van der Waals surface area (Å²) in [6.45, 7) is 6.27. The van der Waals surface area contributed by atoms with Gasteiger partial charge in [-0.2, -0.15) is 0 Å². The molecule has 1 N–H and O–H groups in total. The van der Waals surface area contributed by atoms with Crippen LogP contribution in [0.25, 0.3) is 27.9 Å². The highest BCUT2D eigenvalue weighted by Gasteiger charge is 2.24. The van der Waals surface area contributed by atoms with Gasteiger partial charge >= 0.3 is 0 Å². The number of morpholine rings is 1. The van der Waals surface area contributed by atoms with E-state index >= 15 is 0 Å². The summed E-state index contributed by atoms with van der Waals surface area (Å²) in [5, 5.41) is 8.20. The van der Waals surface area contributed by atoms with Gasteiger partial charge in [-0.3, -0.25) is 4.90 Å². The SMILES string of the molecule is Cc1nc2ccc(-c3ccn4nc(N[C@H]5CC[C@@H](CN6CCOCC6)CC5)ncc34)nc2n1CC(F)F. The first-order valence-electron chi connectivity index (χ1n) is 13.1. The lowest BCUT2D eigenvalue weighted by atomic mass is 9.85. The van der Waals surface area contributed by atoms with Crippen LogP contribution in [0.4, 0.5) is 14.7 Å². The Kier molecular flexibility index (Phi) is 6.72. The van der Waals surface area contributed by atoms with Crippen molar-refractivity contribution < 1.29 is 13.5 Å². The van der Waals surface area contributed by atoms with Gasteiger partial charge in [0.25, 0.3) is 6.43 Å². The zero-order valence-electron chi connectivity index (χ0n) is 21.0. The highest BCUT2D eigenvalue weighted by atomic mass is 19.3. The van der Waals surface area contributed by atoms with Crippen LogP contribution < -0.4 is 5.32 Å². The Morgan fingerprint density at radius 2 is 1.89 bits per heavy atom. The molecule has 0 unspecified atom stereocenters. The number of nitrogens with one attached hydrogen (secondary N) is 1. The monoisotopic (exact) mass is 510 g/mol. The smallest absolute Gasteiger partial charge is 0.256 e. The lowest BCUT2D eigenvalue weighted by molar-refractivity contribution is 0.0276. The Morgan fingerprint density at radius 1 is 1.08 bits per heavy atom. The number of anilines is 1. The number of halogens is 2. The van der Waals surface area contributed by atoms with Crippen LogP contribution in [0.3, 0.4) is 0 Å². The van der Waals surface area contributed by atoms with Gasteiger partial charge in [0.2, 0.25) is 5.95 Å². The molecule has 0 spiro atoms. The number of hydrogen-bond acceptors (Lipinski definition) is 7. The average molecular weight is 511 g/mol. The molecule has 0 aromatic carbocycles. The third kappa shape index (κ3) is 5.15. The van der Waals surface area contributed by atoms with Crippen molar-refractivity contribution in [2.75, 3.05) is 38.2 Å². The molecule has 2 aliphatic rings. The average Bonchev–Trinajstić information content (AvgIpc) is 3.45. The molecule has 37 heavy (non-hydrogen) atoms. The largest absolute Gasteiger partial charge is 0.379 e. The van der Waals surface area contributed by atoms with Gasteiger partial charge in [0, 0.05) is 37.4 Å². The van der Waals surface area contributed by atoms with Gasteiger partial charge in [-0.25, -0.2) is 28.2 Å². The van der Waals surface area contributed by atoms with Crippen molar-refractivity contribution in [3.05, 3.63) is 36.4 Å².